The molecule has 2 aromatic rings. The number of aromatic amines is 1. The number of esters is 1. The molecular formula is C17H22N2O4. The third-order valence-corrected chi connectivity index (χ3v) is 3.52. The van der Waals surface area contributed by atoms with Gasteiger partial charge in [0.05, 0.1) is 11.6 Å². The van der Waals surface area contributed by atoms with Crippen LogP contribution in [0.5, 0.6) is 5.75 Å². The number of fused-ring (bicyclic) bond motifs is 1. The monoisotopic (exact) mass is 318 g/mol. The van der Waals surface area contributed by atoms with E-state index in [1.54, 1.807) is 12.1 Å². The number of hydrogen-bond acceptors (Lipinski definition) is 5. The Morgan fingerprint density at radius 1 is 1.35 bits per heavy atom. The Bertz CT molecular complexity index is 761. The quantitative estimate of drug-likeness (QED) is 0.631. The molecule has 0 spiro atoms. The van der Waals surface area contributed by atoms with Crippen molar-refractivity contribution < 1.29 is 14.3 Å². The van der Waals surface area contributed by atoms with Gasteiger partial charge in [0.25, 0.3) is 5.56 Å². The molecule has 0 aliphatic rings. The zero-order valence-electron chi connectivity index (χ0n) is 13.6. The van der Waals surface area contributed by atoms with Gasteiger partial charge in [0.1, 0.15) is 0 Å². The van der Waals surface area contributed by atoms with Crippen LogP contribution in [0.2, 0.25) is 0 Å². The van der Waals surface area contributed by atoms with Gasteiger partial charge in [0.15, 0.2) is 0 Å². The fourth-order valence-corrected chi connectivity index (χ4v) is 2.66. The summed E-state index contributed by atoms with van der Waals surface area (Å²) in [6.07, 6.45) is 1.26. The van der Waals surface area contributed by atoms with Crippen molar-refractivity contribution in [2.45, 2.75) is 39.7 Å². The van der Waals surface area contributed by atoms with Crippen LogP contribution in [0, 0.1) is 0 Å². The predicted molar refractivity (Wildman–Crippen MR) is 89.6 cm³/mol. The van der Waals surface area contributed by atoms with E-state index in [2.05, 4.69) is 4.98 Å². The highest BCUT2D eigenvalue weighted by molar-refractivity contribution is 5.87. The van der Waals surface area contributed by atoms with Crippen molar-refractivity contribution in [2.24, 2.45) is 0 Å². The van der Waals surface area contributed by atoms with Crippen LogP contribution in [-0.2, 0) is 9.53 Å². The number of ether oxygens (including phenoxy) is 2. The average molecular weight is 318 g/mol. The van der Waals surface area contributed by atoms with Crippen LogP contribution in [0.4, 0.5) is 5.69 Å². The first kappa shape index (κ1) is 17.0. The molecule has 1 atom stereocenters. The average Bonchev–Trinajstić information content (AvgIpc) is 2.47. The first-order valence-corrected chi connectivity index (χ1v) is 7.73. The van der Waals surface area contributed by atoms with Crippen LogP contribution < -0.4 is 16.0 Å². The lowest BCUT2D eigenvalue weighted by Gasteiger charge is -2.21. The molecule has 2 rings (SSSR count). The molecule has 1 unspecified atom stereocenters. The van der Waals surface area contributed by atoms with Crippen LogP contribution in [0.1, 0.15) is 45.3 Å². The summed E-state index contributed by atoms with van der Waals surface area (Å²) in [5.41, 5.74) is 7.08. The molecule has 0 aliphatic carbocycles. The molecule has 0 bridgehead atoms. The summed E-state index contributed by atoms with van der Waals surface area (Å²) >= 11 is 0. The zero-order valence-corrected chi connectivity index (χ0v) is 13.6. The van der Waals surface area contributed by atoms with Gasteiger partial charge >= 0.3 is 5.97 Å². The topological polar surface area (TPSA) is 94.4 Å². The number of nitrogen functional groups attached to an aromatic ring is 1. The van der Waals surface area contributed by atoms with Gasteiger partial charge in [0.2, 0.25) is 5.75 Å². The smallest absolute Gasteiger partial charge is 0.308 e. The zero-order chi connectivity index (χ0) is 17.0. The molecule has 6 heteroatoms. The van der Waals surface area contributed by atoms with Gasteiger partial charge < -0.3 is 20.2 Å². The van der Waals surface area contributed by atoms with Gasteiger partial charge in [-0.15, -0.1) is 0 Å². The summed E-state index contributed by atoms with van der Waals surface area (Å²) < 4.78 is 11.0. The summed E-state index contributed by atoms with van der Waals surface area (Å²) in [5, 5.41) is 0.766. The maximum atomic E-state index is 12.4. The molecule has 0 saturated carbocycles. The standard InChI is InChI=1S/C17H22N2O4/c1-4-6-14(22-5-2)15-12-8-7-11(18)9-13(12)19-17(21)16(15)23-10(3)20/h7-9,14H,4-6,18H2,1-3H3,(H,19,21). The number of carbonyl (C=O) groups is 1. The summed E-state index contributed by atoms with van der Waals surface area (Å²) in [4.78, 5) is 26.5. The van der Waals surface area contributed by atoms with E-state index >= 15 is 0 Å². The summed E-state index contributed by atoms with van der Waals surface area (Å²) in [7, 11) is 0. The molecule has 0 radical (unpaired) electrons. The Labute approximate surface area is 134 Å². The van der Waals surface area contributed by atoms with E-state index < -0.39 is 11.5 Å². The largest absolute Gasteiger partial charge is 0.420 e. The number of aromatic nitrogens is 1. The van der Waals surface area contributed by atoms with Crippen LogP contribution >= 0.6 is 0 Å². The second-order valence-electron chi connectivity index (χ2n) is 5.33. The second kappa shape index (κ2) is 7.28. The number of hydrogen-bond donors (Lipinski definition) is 2. The van der Waals surface area contributed by atoms with E-state index in [1.807, 2.05) is 19.9 Å². The van der Waals surface area contributed by atoms with E-state index in [9.17, 15) is 9.59 Å². The highest BCUT2D eigenvalue weighted by Gasteiger charge is 2.23. The SMILES string of the molecule is CCCC(OCC)c1c(OC(C)=O)c(=O)[nH]c2cc(N)ccc12. The Hall–Kier alpha value is -2.34. The second-order valence-corrected chi connectivity index (χ2v) is 5.33. The van der Waals surface area contributed by atoms with Crippen molar-refractivity contribution in [3.8, 4) is 5.75 Å². The summed E-state index contributed by atoms with van der Waals surface area (Å²) in [6.45, 7) is 5.69. The van der Waals surface area contributed by atoms with Crippen molar-refractivity contribution >= 4 is 22.6 Å². The highest BCUT2D eigenvalue weighted by Crippen LogP contribution is 2.35. The molecule has 1 aromatic heterocycles. The third kappa shape index (κ3) is 3.71. The molecule has 0 aliphatic heterocycles. The number of benzene rings is 1. The Kier molecular flexibility index (Phi) is 5.39. The molecule has 0 saturated heterocycles. The number of H-pyrrole nitrogens is 1. The van der Waals surface area contributed by atoms with Crippen molar-refractivity contribution in [1.82, 2.24) is 4.98 Å². The van der Waals surface area contributed by atoms with Gasteiger partial charge in [-0.05, 0) is 25.5 Å². The Morgan fingerprint density at radius 3 is 2.70 bits per heavy atom. The lowest BCUT2D eigenvalue weighted by molar-refractivity contribution is -0.132. The van der Waals surface area contributed by atoms with Crippen LogP contribution in [-0.4, -0.2) is 17.6 Å². The molecule has 23 heavy (non-hydrogen) atoms. The fraction of sp³-hybridized carbons (Fsp3) is 0.412. The maximum Gasteiger partial charge on any atom is 0.308 e. The first-order valence-electron chi connectivity index (χ1n) is 7.73. The number of anilines is 1. The van der Waals surface area contributed by atoms with Crippen molar-refractivity contribution in [1.29, 1.82) is 0 Å². The fourth-order valence-electron chi connectivity index (χ4n) is 2.66. The van der Waals surface area contributed by atoms with Crippen molar-refractivity contribution in [3.63, 3.8) is 0 Å². The molecule has 1 heterocycles. The van der Waals surface area contributed by atoms with E-state index in [1.165, 1.54) is 6.92 Å². The van der Waals surface area contributed by atoms with E-state index in [-0.39, 0.29) is 11.9 Å². The summed E-state index contributed by atoms with van der Waals surface area (Å²) in [6, 6.07) is 5.24. The lowest BCUT2D eigenvalue weighted by atomic mass is 9.99. The van der Waals surface area contributed by atoms with E-state index in [4.69, 9.17) is 15.2 Å². The van der Waals surface area contributed by atoms with Gasteiger partial charge in [-0.25, -0.2) is 0 Å². The van der Waals surface area contributed by atoms with Gasteiger partial charge in [-0.1, -0.05) is 19.4 Å². The van der Waals surface area contributed by atoms with Crippen molar-refractivity contribution in [2.75, 3.05) is 12.3 Å². The Morgan fingerprint density at radius 2 is 2.09 bits per heavy atom. The van der Waals surface area contributed by atoms with Crippen LogP contribution in [0.15, 0.2) is 23.0 Å². The number of carbonyl (C=O) groups excluding carboxylic acids is 1. The minimum absolute atomic E-state index is 0.00155. The highest BCUT2D eigenvalue weighted by atomic mass is 16.5. The summed E-state index contributed by atoms with van der Waals surface area (Å²) in [5.74, 6) is -0.542. The van der Waals surface area contributed by atoms with Gasteiger partial charge in [-0.3, -0.25) is 9.59 Å². The normalized spacial score (nSPS) is 12.3. The molecular weight excluding hydrogens is 296 g/mol. The number of nitrogens with one attached hydrogen (secondary N) is 1. The maximum absolute atomic E-state index is 12.4. The molecule has 0 fully saturated rings. The number of nitrogens with two attached hydrogens (primary N) is 1. The predicted octanol–water partition coefficient (Wildman–Crippen LogP) is 2.91. The Balaban J connectivity index is 2.77. The molecule has 0 amide bonds. The minimum atomic E-state index is -0.543. The number of pyridine rings is 1. The van der Waals surface area contributed by atoms with Crippen LogP contribution in [0.3, 0.4) is 0 Å². The van der Waals surface area contributed by atoms with Gasteiger partial charge in [-0.2, -0.15) is 0 Å². The van der Waals surface area contributed by atoms with E-state index in [0.29, 0.717) is 29.8 Å². The van der Waals surface area contributed by atoms with Gasteiger partial charge in [0, 0.05) is 30.2 Å². The minimum Gasteiger partial charge on any atom is -0.420 e. The number of rotatable bonds is 6. The lowest BCUT2D eigenvalue weighted by Crippen LogP contribution is -2.19. The third-order valence-electron chi connectivity index (χ3n) is 3.52. The molecule has 3 N–H and O–H groups in total. The molecule has 6 nitrogen and oxygen atoms in total. The van der Waals surface area contributed by atoms with Crippen molar-refractivity contribution in [3.05, 3.63) is 34.1 Å². The van der Waals surface area contributed by atoms with E-state index in [0.717, 1.165) is 11.8 Å². The molecule has 124 valence electrons. The first-order chi connectivity index (χ1) is 11.0. The van der Waals surface area contributed by atoms with Crippen LogP contribution in [0.25, 0.3) is 10.9 Å². The molecule has 1 aromatic carbocycles.